The van der Waals surface area contributed by atoms with Crippen molar-refractivity contribution in [1.82, 2.24) is 9.80 Å². The van der Waals surface area contributed by atoms with Crippen LogP contribution in [0, 0.1) is 24.0 Å². The number of rotatable bonds is 4. The third-order valence-electron chi connectivity index (χ3n) is 6.97. The van der Waals surface area contributed by atoms with E-state index in [0.29, 0.717) is 50.5 Å². The summed E-state index contributed by atoms with van der Waals surface area (Å²) in [6.07, 6.45) is 0. The zero-order chi connectivity index (χ0) is 24.4. The number of carbonyl (C=O) groups is 2. The first kappa shape index (κ1) is 23.5. The fourth-order valence-corrected chi connectivity index (χ4v) is 4.74. The van der Waals surface area contributed by atoms with Gasteiger partial charge in [-0.15, -0.1) is 0 Å². The third-order valence-corrected chi connectivity index (χ3v) is 6.97. The van der Waals surface area contributed by atoms with E-state index in [1.165, 1.54) is 29.8 Å². The molecule has 2 heterocycles. The van der Waals surface area contributed by atoms with Gasteiger partial charge in [-0.1, -0.05) is 12.1 Å². The summed E-state index contributed by atoms with van der Waals surface area (Å²) in [5, 5.41) is 11.8. The van der Waals surface area contributed by atoms with Crippen LogP contribution in [0.4, 0.5) is 17.1 Å². The molecule has 34 heavy (non-hydrogen) atoms. The third kappa shape index (κ3) is 4.69. The number of carbonyl (C=O) groups excluding carboxylic acids is 2. The predicted octanol–water partition coefficient (Wildman–Crippen LogP) is 2.84. The fraction of sp³-hybridized carbons (Fsp3) is 0.440. The average Bonchev–Trinajstić information content (AvgIpc) is 2.85. The van der Waals surface area contributed by atoms with Gasteiger partial charge in [-0.3, -0.25) is 19.7 Å². The van der Waals surface area contributed by atoms with Crippen LogP contribution in [0.2, 0.25) is 0 Å². The van der Waals surface area contributed by atoms with Crippen LogP contribution in [0.15, 0.2) is 36.4 Å². The van der Waals surface area contributed by atoms with E-state index >= 15 is 0 Å². The first-order valence-corrected chi connectivity index (χ1v) is 11.7. The van der Waals surface area contributed by atoms with Crippen molar-refractivity contribution in [3.05, 3.63) is 63.2 Å². The molecule has 2 aliphatic heterocycles. The van der Waals surface area contributed by atoms with Gasteiger partial charge in [0.15, 0.2) is 0 Å². The van der Waals surface area contributed by atoms with Crippen molar-refractivity contribution in [2.24, 2.45) is 0 Å². The van der Waals surface area contributed by atoms with Crippen LogP contribution >= 0.6 is 0 Å². The Morgan fingerprint density at radius 1 is 0.824 bits per heavy atom. The normalized spacial score (nSPS) is 16.6. The molecule has 0 N–H and O–H groups in total. The summed E-state index contributed by atoms with van der Waals surface area (Å²) in [6.45, 7) is 10.4. The highest BCUT2D eigenvalue weighted by atomic mass is 16.6. The fourth-order valence-electron chi connectivity index (χ4n) is 4.74. The minimum Gasteiger partial charge on any atom is -0.368 e. The Hall–Kier alpha value is -3.62. The molecule has 0 bridgehead atoms. The summed E-state index contributed by atoms with van der Waals surface area (Å²) < 4.78 is 0. The number of hydrogen-bond acceptors (Lipinski definition) is 6. The number of anilines is 2. The van der Waals surface area contributed by atoms with Gasteiger partial charge < -0.3 is 19.6 Å². The van der Waals surface area contributed by atoms with Crippen LogP contribution in [-0.2, 0) is 4.79 Å². The van der Waals surface area contributed by atoms with Crippen LogP contribution in [0.5, 0.6) is 0 Å². The first-order chi connectivity index (χ1) is 16.3. The van der Waals surface area contributed by atoms with E-state index in [0.717, 1.165) is 13.1 Å². The Morgan fingerprint density at radius 3 is 2.00 bits per heavy atom. The van der Waals surface area contributed by atoms with E-state index in [-0.39, 0.29) is 17.5 Å². The lowest BCUT2D eigenvalue weighted by Gasteiger charge is -2.37. The van der Waals surface area contributed by atoms with E-state index in [1.54, 1.807) is 21.9 Å². The number of nitrogens with zero attached hydrogens (tertiary/aromatic N) is 5. The number of piperazine rings is 2. The van der Waals surface area contributed by atoms with E-state index in [1.807, 2.05) is 4.90 Å². The Bertz CT molecular complexity index is 1100. The molecule has 2 fully saturated rings. The quantitative estimate of drug-likeness (QED) is 0.510. The highest BCUT2D eigenvalue weighted by Crippen LogP contribution is 2.31. The van der Waals surface area contributed by atoms with E-state index in [4.69, 9.17) is 0 Å². The van der Waals surface area contributed by atoms with E-state index in [9.17, 15) is 19.7 Å². The van der Waals surface area contributed by atoms with Crippen LogP contribution in [0.1, 0.15) is 28.4 Å². The smallest absolute Gasteiger partial charge is 0.293 e. The monoisotopic (exact) mass is 465 g/mol. The Labute approximate surface area is 199 Å². The van der Waals surface area contributed by atoms with Gasteiger partial charge in [0.25, 0.3) is 11.6 Å². The van der Waals surface area contributed by atoms with Crippen LogP contribution in [0.25, 0.3) is 0 Å². The number of nitro groups is 1. The molecule has 9 nitrogen and oxygen atoms in total. The zero-order valence-corrected chi connectivity index (χ0v) is 20.0. The van der Waals surface area contributed by atoms with Crippen molar-refractivity contribution < 1.29 is 14.5 Å². The molecule has 2 aliphatic rings. The lowest BCUT2D eigenvalue weighted by molar-refractivity contribution is -0.384. The van der Waals surface area contributed by atoms with Crippen molar-refractivity contribution in [2.75, 3.05) is 62.2 Å². The molecule has 2 saturated heterocycles. The van der Waals surface area contributed by atoms with Gasteiger partial charge in [0.05, 0.1) is 4.92 Å². The minimum absolute atomic E-state index is 0.00718. The molecule has 0 spiro atoms. The van der Waals surface area contributed by atoms with Crippen molar-refractivity contribution >= 4 is 28.9 Å². The molecule has 180 valence electrons. The van der Waals surface area contributed by atoms with E-state index < -0.39 is 4.92 Å². The second-order valence-electron chi connectivity index (χ2n) is 8.95. The van der Waals surface area contributed by atoms with Gasteiger partial charge in [0, 0.05) is 76.6 Å². The van der Waals surface area contributed by atoms with Crippen LogP contribution in [0.3, 0.4) is 0 Å². The van der Waals surface area contributed by atoms with Crippen LogP contribution in [-0.4, -0.2) is 78.9 Å². The molecule has 0 radical (unpaired) electrons. The van der Waals surface area contributed by atoms with Gasteiger partial charge in [0.2, 0.25) is 5.91 Å². The Morgan fingerprint density at radius 2 is 1.41 bits per heavy atom. The van der Waals surface area contributed by atoms with Crippen molar-refractivity contribution in [3.8, 4) is 0 Å². The molecule has 0 atom stereocenters. The molecular formula is C25H31N5O4. The van der Waals surface area contributed by atoms with Crippen molar-refractivity contribution in [3.63, 3.8) is 0 Å². The molecule has 0 aromatic heterocycles. The maximum Gasteiger partial charge on any atom is 0.293 e. The first-order valence-electron chi connectivity index (χ1n) is 11.7. The average molecular weight is 466 g/mol. The molecule has 0 aliphatic carbocycles. The minimum atomic E-state index is -0.429. The number of amides is 2. The molecular weight excluding hydrogens is 434 g/mol. The second kappa shape index (κ2) is 9.70. The largest absolute Gasteiger partial charge is 0.368 e. The second-order valence-corrected chi connectivity index (χ2v) is 8.95. The van der Waals surface area contributed by atoms with Crippen molar-refractivity contribution in [1.29, 1.82) is 0 Å². The maximum absolute atomic E-state index is 13.2. The summed E-state index contributed by atoms with van der Waals surface area (Å²) in [6, 6.07) is 11.0. The number of hydrogen-bond donors (Lipinski definition) is 0. The summed E-state index contributed by atoms with van der Waals surface area (Å²) in [7, 11) is 0. The zero-order valence-electron chi connectivity index (χ0n) is 20.0. The number of nitro benzene ring substituents is 1. The summed E-state index contributed by atoms with van der Waals surface area (Å²) in [5.41, 5.74) is 4.43. The van der Waals surface area contributed by atoms with Crippen LogP contribution < -0.4 is 9.80 Å². The lowest BCUT2D eigenvalue weighted by Crippen LogP contribution is -2.49. The van der Waals surface area contributed by atoms with E-state index in [2.05, 4.69) is 36.9 Å². The number of aryl methyl sites for hydroxylation is 1. The number of benzene rings is 2. The maximum atomic E-state index is 13.2. The standard InChI is InChI=1S/C25H31N5O4/c1-18-5-4-6-22(19(18)2)27-13-15-29(16-14-27)25(32)21-7-8-23(24(17-21)30(33)34)28-11-9-26(10-12-28)20(3)31/h4-8,17H,9-16H2,1-3H3. The highest BCUT2D eigenvalue weighted by molar-refractivity contribution is 5.96. The molecule has 2 amide bonds. The molecule has 0 unspecified atom stereocenters. The van der Waals surface area contributed by atoms with Gasteiger partial charge >= 0.3 is 0 Å². The predicted molar refractivity (Wildman–Crippen MR) is 132 cm³/mol. The van der Waals surface area contributed by atoms with Crippen molar-refractivity contribution in [2.45, 2.75) is 20.8 Å². The summed E-state index contributed by atoms with van der Waals surface area (Å²) in [5.74, 6) is -0.176. The highest BCUT2D eigenvalue weighted by Gasteiger charge is 2.28. The molecule has 4 rings (SSSR count). The molecule has 9 heteroatoms. The summed E-state index contributed by atoms with van der Waals surface area (Å²) >= 11 is 0. The van der Waals surface area contributed by atoms with Gasteiger partial charge in [-0.2, -0.15) is 0 Å². The molecule has 2 aromatic rings. The SMILES string of the molecule is CC(=O)N1CCN(c2ccc(C(=O)N3CCN(c4cccc(C)c4C)CC3)cc2[N+](=O)[O-])CC1. The Balaban J connectivity index is 1.46. The van der Waals surface area contributed by atoms with Gasteiger partial charge in [-0.25, -0.2) is 0 Å². The topological polar surface area (TPSA) is 90.2 Å². The summed E-state index contributed by atoms with van der Waals surface area (Å²) in [4.78, 5) is 43.9. The molecule has 0 saturated carbocycles. The lowest BCUT2D eigenvalue weighted by atomic mass is 10.1. The Kier molecular flexibility index (Phi) is 6.72. The van der Waals surface area contributed by atoms with Gasteiger partial charge in [0.1, 0.15) is 5.69 Å². The molecule has 2 aromatic carbocycles. The van der Waals surface area contributed by atoms with Gasteiger partial charge in [-0.05, 0) is 43.2 Å².